The Kier molecular flexibility index (Phi) is 9.71. The topological polar surface area (TPSA) is 66.4 Å². The number of hydrogen-bond donors (Lipinski definition) is 2. The third-order valence-electron chi connectivity index (χ3n) is 7.39. The standard InChI is InChI=1S/C30H43NO3S/c1-6-22-18-21(17-20(3)23(22)9-8-15-31-28(34)13-16-32)10-11-26(33)29-24-12-14-30(4,5)19-25(24)27(7-2)35-29/h17-18,32H,6-16,19H2,1-5H3,(H,31,34). The zero-order valence-electron chi connectivity index (χ0n) is 22.3. The van der Waals surface area contributed by atoms with Gasteiger partial charge in [0.1, 0.15) is 0 Å². The quantitative estimate of drug-likeness (QED) is 0.282. The Labute approximate surface area is 215 Å². The van der Waals surface area contributed by atoms with Crippen LogP contribution in [0.15, 0.2) is 12.1 Å². The molecule has 0 unspecified atom stereocenters. The summed E-state index contributed by atoms with van der Waals surface area (Å²) in [6, 6.07) is 4.53. The maximum absolute atomic E-state index is 13.3. The van der Waals surface area contributed by atoms with Crippen molar-refractivity contribution < 1.29 is 14.7 Å². The van der Waals surface area contributed by atoms with Gasteiger partial charge in [0, 0.05) is 24.3 Å². The molecule has 1 aliphatic carbocycles. The van der Waals surface area contributed by atoms with Crippen LogP contribution in [0.1, 0.15) is 101 Å². The average Bonchev–Trinajstić information content (AvgIpc) is 3.17. The fraction of sp³-hybridized carbons (Fsp3) is 0.600. The van der Waals surface area contributed by atoms with Crippen LogP contribution in [-0.4, -0.2) is 29.9 Å². The van der Waals surface area contributed by atoms with Crippen molar-refractivity contribution in [1.82, 2.24) is 5.32 Å². The normalized spacial score (nSPS) is 14.6. The highest BCUT2D eigenvalue weighted by Gasteiger charge is 2.31. The number of thiophene rings is 1. The number of benzene rings is 1. The van der Waals surface area contributed by atoms with Crippen molar-refractivity contribution >= 4 is 23.0 Å². The third kappa shape index (κ3) is 7.04. The Morgan fingerprint density at radius 1 is 1.09 bits per heavy atom. The van der Waals surface area contributed by atoms with E-state index < -0.39 is 0 Å². The highest BCUT2D eigenvalue weighted by atomic mass is 32.1. The lowest BCUT2D eigenvalue weighted by molar-refractivity contribution is -0.121. The SMILES string of the molecule is CCc1cc(CCC(=O)c2sc(CC)c3c2CCC(C)(C)C3)cc(C)c1CCCNC(=O)CCO. The molecule has 1 aliphatic rings. The predicted octanol–water partition coefficient (Wildman–Crippen LogP) is 5.94. The lowest BCUT2D eigenvalue weighted by atomic mass is 9.74. The number of aryl methyl sites for hydroxylation is 4. The molecule has 4 nitrogen and oxygen atoms in total. The van der Waals surface area contributed by atoms with Gasteiger partial charge in [-0.3, -0.25) is 9.59 Å². The zero-order valence-corrected chi connectivity index (χ0v) is 23.1. The maximum atomic E-state index is 13.3. The molecule has 1 amide bonds. The summed E-state index contributed by atoms with van der Waals surface area (Å²) in [4.78, 5) is 27.3. The molecule has 0 fully saturated rings. The molecule has 0 bridgehead atoms. The molecule has 192 valence electrons. The van der Waals surface area contributed by atoms with Crippen LogP contribution in [0.3, 0.4) is 0 Å². The average molecular weight is 498 g/mol. The van der Waals surface area contributed by atoms with Gasteiger partial charge in [0.25, 0.3) is 0 Å². The van der Waals surface area contributed by atoms with Crippen LogP contribution in [0.4, 0.5) is 0 Å². The smallest absolute Gasteiger partial charge is 0.222 e. The van der Waals surface area contributed by atoms with Gasteiger partial charge in [0.2, 0.25) is 5.91 Å². The number of fused-ring (bicyclic) bond motifs is 1. The second-order valence-electron chi connectivity index (χ2n) is 10.8. The number of rotatable bonds is 12. The first-order chi connectivity index (χ1) is 16.7. The Bertz CT molecular complexity index is 1050. The van der Waals surface area contributed by atoms with E-state index in [4.69, 9.17) is 5.11 Å². The van der Waals surface area contributed by atoms with Crippen LogP contribution < -0.4 is 5.32 Å². The van der Waals surface area contributed by atoms with E-state index in [1.165, 1.54) is 38.3 Å². The van der Waals surface area contributed by atoms with E-state index in [9.17, 15) is 9.59 Å². The molecule has 2 N–H and O–H groups in total. The number of ketones is 1. The second kappa shape index (κ2) is 12.3. The molecule has 0 spiro atoms. The van der Waals surface area contributed by atoms with E-state index in [1.807, 2.05) is 0 Å². The van der Waals surface area contributed by atoms with Crippen LogP contribution in [-0.2, 0) is 43.3 Å². The van der Waals surface area contributed by atoms with Crippen LogP contribution in [0.5, 0.6) is 0 Å². The lowest BCUT2D eigenvalue weighted by Crippen LogP contribution is -2.25. The van der Waals surface area contributed by atoms with Crippen LogP contribution in [0.25, 0.3) is 0 Å². The number of carbonyl (C=O) groups excluding carboxylic acids is 2. The van der Waals surface area contributed by atoms with Crippen molar-refractivity contribution in [3.63, 3.8) is 0 Å². The highest BCUT2D eigenvalue weighted by molar-refractivity contribution is 7.14. The first kappa shape index (κ1) is 27.6. The minimum Gasteiger partial charge on any atom is -0.396 e. The van der Waals surface area contributed by atoms with E-state index in [1.54, 1.807) is 11.3 Å². The van der Waals surface area contributed by atoms with Crippen LogP contribution in [0, 0.1) is 12.3 Å². The monoisotopic (exact) mass is 497 g/mol. The number of hydrogen-bond acceptors (Lipinski definition) is 4. The van der Waals surface area contributed by atoms with Gasteiger partial charge in [-0.15, -0.1) is 11.3 Å². The van der Waals surface area contributed by atoms with E-state index in [-0.39, 0.29) is 18.9 Å². The molecular weight excluding hydrogens is 454 g/mol. The summed E-state index contributed by atoms with van der Waals surface area (Å²) in [5.74, 6) is 0.214. The fourth-order valence-corrected chi connectivity index (χ4v) is 6.68. The first-order valence-electron chi connectivity index (χ1n) is 13.3. The van der Waals surface area contributed by atoms with Crippen LogP contribution >= 0.6 is 11.3 Å². The summed E-state index contributed by atoms with van der Waals surface area (Å²) in [5.41, 5.74) is 8.38. The Morgan fingerprint density at radius 2 is 1.86 bits per heavy atom. The van der Waals surface area contributed by atoms with Gasteiger partial charge >= 0.3 is 0 Å². The summed E-state index contributed by atoms with van der Waals surface area (Å²) >= 11 is 1.76. The molecule has 35 heavy (non-hydrogen) atoms. The van der Waals surface area contributed by atoms with Gasteiger partial charge in [-0.25, -0.2) is 0 Å². The van der Waals surface area contributed by atoms with E-state index in [0.29, 0.717) is 24.2 Å². The molecule has 0 saturated carbocycles. The molecule has 0 radical (unpaired) electrons. The minimum atomic E-state index is -0.109. The number of carbonyl (C=O) groups is 2. The molecule has 0 atom stereocenters. The molecule has 1 heterocycles. The predicted molar refractivity (Wildman–Crippen MR) is 146 cm³/mol. The lowest BCUT2D eigenvalue weighted by Gasteiger charge is -2.30. The second-order valence-corrected chi connectivity index (χ2v) is 11.9. The number of nitrogens with one attached hydrogen (secondary N) is 1. The van der Waals surface area contributed by atoms with Crippen molar-refractivity contribution in [2.75, 3.05) is 13.2 Å². The van der Waals surface area contributed by atoms with Gasteiger partial charge in [0.15, 0.2) is 5.78 Å². The summed E-state index contributed by atoms with van der Waals surface area (Å²) in [5, 5.41) is 11.7. The minimum absolute atomic E-state index is 0.0956. The molecule has 5 heteroatoms. The Balaban J connectivity index is 1.65. The van der Waals surface area contributed by atoms with Crippen molar-refractivity contribution in [1.29, 1.82) is 0 Å². The van der Waals surface area contributed by atoms with E-state index >= 15 is 0 Å². The Morgan fingerprint density at radius 3 is 2.54 bits per heavy atom. The first-order valence-corrected chi connectivity index (χ1v) is 14.2. The van der Waals surface area contributed by atoms with Crippen LogP contribution in [0.2, 0.25) is 0 Å². The Hall–Kier alpha value is -1.98. The van der Waals surface area contributed by atoms with Gasteiger partial charge in [0.05, 0.1) is 11.5 Å². The summed E-state index contributed by atoms with van der Waals surface area (Å²) < 4.78 is 0. The molecule has 1 aromatic heterocycles. The highest BCUT2D eigenvalue weighted by Crippen LogP contribution is 2.42. The summed E-state index contributed by atoms with van der Waals surface area (Å²) in [6.45, 7) is 11.8. The molecule has 0 aliphatic heterocycles. The number of Topliss-reactive ketones (excluding diaryl/α,β-unsaturated/α-hetero) is 1. The zero-order chi connectivity index (χ0) is 25.6. The number of amides is 1. The molecule has 0 saturated heterocycles. The van der Waals surface area contributed by atoms with Crippen molar-refractivity contribution in [2.24, 2.45) is 5.41 Å². The van der Waals surface area contributed by atoms with Crippen molar-refractivity contribution in [2.45, 2.75) is 98.8 Å². The maximum Gasteiger partial charge on any atom is 0.222 e. The van der Waals surface area contributed by atoms with E-state index in [2.05, 4.69) is 52.1 Å². The molecular formula is C30H43NO3S. The van der Waals surface area contributed by atoms with Crippen molar-refractivity contribution in [3.8, 4) is 0 Å². The van der Waals surface area contributed by atoms with Crippen molar-refractivity contribution in [3.05, 3.63) is 55.3 Å². The van der Waals surface area contributed by atoms with Gasteiger partial charge in [-0.05, 0) is 97.1 Å². The van der Waals surface area contributed by atoms with Gasteiger partial charge < -0.3 is 10.4 Å². The van der Waals surface area contributed by atoms with Gasteiger partial charge in [-0.2, -0.15) is 0 Å². The number of aliphatic hydroxyl groups is 1. The third-order valence-corrected chi connectivity index (χ3v) is 8.85. The fourth-order valence-electron chi connectivity index (χ4n) is 5.41. The molecule has 2 aromatic rings. The summed E-state index contributed by atoms with van der Waals surface area (Å²) in [7, 11) is 0. The van der Waals surface area contributed by atoms with E-state index in [0.717, 1.165) is 56.2 Å². The largest absolute Gasteiger partial charge is 0.396 e. The molecule has 3 rings (SSSR count). The molecule has 1 aromatic carbocycles. The van der Waals surface area contributed by atoms with Gasteiger partial charge in [-0.1, -0.05) is 39.8 Å². The summed E-state index contributed by atoms with van der Waals surface area (Å²) in [6.07, 6.45) is 8.58. The number of aliphatic hydroxyl groups excluding tert-OH is 1.